The molecule has 0 atom stereocenters. The number of benzene rings is 2. The molecular weight excluding hydrogens is 444 g/mol. The lowest BCUT2D eigenvalue weighted by Crippen LogP contribution is -2.07. The molecule has 2 aromatic heterocycles. The second-order valence-corrected chi connectivity index (χ2v) is 9.36. The van der Waals surface area contributed by atoms with Crippen LogP contribution in [0.2, 0.25) is 0 Å². The molecule has 0 saturated heterocycles. The predicted molar refractivity (Wildman–Crippen MR) is 135 cm³/mol. The van der Waals surface area contributed by atoms with Crippen molar-refractivity contribution in [3.05, 3.63) is 82.2 Å². The van der Waals surface area contributed by atoms with Gasteiger partial charge in [0.2, 0.25) is 5.16 Å². The number of hydrogen-bond acceptors (Lipinski definition) is 6. The molecule has 2 aromatic carbocycles. The summed E-state index contributed by atoms with van der Waals surface area (Å²) in [5, 5.41) is 9.22. The van der Waals surface area contributed by atoms with Crippen molar-refractivity contribution in [3.63, 3.8) is 0 Å². The molecule has 0 fully saturated rings. The third-order valence-electron chi connectivity index (χ3n) is 5.72. The first-order chi connectivity index (χ1) is 16.2. The summed E-state index contributed by atoms with van der Waals surface area (Å²) in [6.45, 7) is 9.18. The van der Waals surface area contributed by atoms with Crippen LogP contribution in [0.4, 0.5) is 0 Å². The largest absolute Gasteiger partial charge is 0.355 e. The first-order valence-corrected chi connectivity index (χ1v) is 12.0. The Balaban J connectivity index is 1.64. The van der Waals surface area contributed by atoms with E-state index in [0.717, 1.165) is 27.9 Å². The van der Waals surface area contributed by atoms with Crippen LogP contribution in [0.3, 0.4) is 0 Å². The molecule has 0 aliphatic rings. The Kier molecular flexibility index (Phi) is 6.75. The Bertz CT molecular complexity index is 1370. The molecule has 2 heterocycles. The maximum Gasteiger partial charge on any atom is 0.210 e. The Labute approximate surface area is 203 Å². The zero-order valence-corrected chi connectivity index (χ0v) is 20.7. The maximum atomic E-state index is 12.9. The van der Waals surface area contributed by atoms with E-state index in [1.54, 1.807) is 13.8 Å². The van der Waals surface area contributed by atoms with Crippen LogP contribution in [-0.4, -0.2) is 37.5 Å². The zero-order valence-electron chi connectivity index (χ0n) is 19.9. The van der Waals surface area contributed by atoms with Crippen LogP contribution in [0.1, 0.15) is 50.2 Å². The number of rotatable bonds is 7. The predicted octanol–water partition coefficient (Wildman–Crippen LogP) is 5.94. The molecule has 0 amide bonds. The van der Waals surface area contributed by atoms with Gasteiger partial charge in [-0.1, -0.05) is 71.4 Å². The summed E-state index contributed by atoms with van der Waals surface area (Å²) >= 11 is 1.23. The van der Waals surface area contributed by atoms with Gasteiger partial charge < -0.3 is 4.98 Å². The molecule has 4 rings (SSSR count). The van der Waals surface area contributed by atoms with Gasteiger partial charge in [-0.25, -0.2) is 4.98 Å². The number of carbonyl (C=O) groups excluding carboxylic acids is 2. The van der Waals surface area contributed by atoms with Crippen LogP contribution < -0.4 is 0 Å². The number of carbonyl (C=O) groups is 2. The Hall–Kier alpha value is -3.58. The van der Waals surface area contributed by atoms with Crippen molar-refractivity contribution in [2.45, 2.75) is 39.8 Å². The molecule has 4 aromatic rings. The van der Waals surface area contributed by atoms with E-state index in [1.165, 1.54) is 18.7 Å². The minimum atomic E-state index is -0.110. The smallest absolute Gasteiger partial charge is 0.210 e. The van der Waals surface area contributed by atoms with Crippen molar-refractivity contribution in [1.29, 1.82) is 0 Å². The zero-order chi connectivity index (χ0) is 24.4. The Morgan fingerprint density at radius 3 is 1.91 bits per heavy atom. The maximum absolute atomic E-state index is 12.9. The molecule has 0 aliphatic heterocycles. The van der Waals surface area contributed by atoms with Gasteiger partial charge in [0.25, 0.3) is 0 Å². The normalized spacial score (nSPS) is 11.0. The Morgan fingerprint density at radius 2 is 1.38 bits per heavy atom. The monoisotopic (exact) mass is 470 g/mol. The molecule has 0 saturated carbocycles. The molecule has 0 unspecified atom stereocenters. The number of hydrogen-bond donors (Lipinski definition) is 1. The summed E-state index contributed by atoms with van der Waals surface area (Å²) in [4.78, 5) is 32.6. The number of H-pyrrole nitrogens is 1. The lowest BCUT2D eigenvalue weighted by molar-refractivity contribution is 0.101. The van der Waals surface area contributed by atoms with Crippen molar-refractivity contribution in [3.8, 4) is 22.5 Å². The number of Topliss-reactive ketones (excluding diaryl/α,β-unsaturated/α-hetero) is 2. The number of aromatic nitrogens is 4. The molecule has 0 bridgehead atoms. The fraction of sp³-hybridized carbons (Fsp3) is 0.222. The highest BCUT2D eigenvalue weighted by molar-refractivity contribution is 7.99. The molecule has 0 spiro atoms. The van der Waals surface area contributed by atoms with E-state index in [0.29, 0.717) is 33.4 Å². The summed E-state index contributed by atoms with van der Waals surface area (Å²) in [5.41, 5.74) is 8.04. The topological polar surface area (TPSA) is 88.6 Å². The van der Waals surface area contributed by atoms with Crippen LogP contribution in [0.25, 0.3) is 22.5 Å². The van der Waals surface area contributed by atoms with Crippen molar-refractivity contribution in [1.82, 2.24) is 20.2 Å². The Morgan fingerprint density at radius 1 is 0.824 bits per heavy atom. The van der Waals surface area contributed by atoms with Gasteiger partial charge in [0, 0.05) is 22.4 Å². The highest BCUT2D eigenvalue weighted by Gasteiger charge is 2.21. The molecule has 7 heteroatoms. The second-order valence-electron chi connectivity index (χ2n) is 8.42. The van der Waals surface area contributed by atoms with Gasteiger partial charge in [-0.05, 0) is 40.2 Å². The number of aryl methyl sites for hydroxylation is 3. The molecule has 0 radical (unpaired) electrons. The van der Waals surface area contributed by atoms with Gasteiger partial charge in [-0.15, -0.1) is 10.2 Å². The van der Waals surface area contributed by atoms with Gasteiger partial charge in [0.1, 0.15) is 11.4 Å². The highest BCUT2D eigenvalue weighted by Crippen LogP contribution is 2.30. The standard InChI is InChI=1S/C27H26N4O2S/c1-15-6-10-20(11-7-15)25-26(21-12-8-16(2)9-13-21)30-31-27(29-25)34-14-22(33)24-17(3)23(19(5)32)18(4)28-24/h6-13,28H,14H2,1-5H3. The van der Waals surface area contributed by atoms with E-state index in [1.807, 2.05) is 62.4 Å². The molecule has 1 N–H and O–H groups in total. The minimum Gasteiger partial charge on any atom is -0.355 e. The van der Waals surface area contributed by atoms with Gasteiger partial charge in [0.05, 0.1) is 11.4 Å². The lowest BCUT2D eigenvalue weighted by atomic mass is 10.0. The third-order valence-corrected chi connectivity index (χ3v) is 6.56. The van der Waals surface area contributed by atoms with Crippen molar-refractivity contribution in [2.75, 3.05) is 5.75 Å². The molecule has 6 nitrogen and oxygen atoms in total. The summed E-state index contributed by atoms with van der Waals surface area (Å²) in [6, 6.07) is 16.2. The van der Waals surface area contributed by atoms with Gasteiger partial charge in [-0.3, -0.25) is 9.59 Å². The number of nitrogens with one attached hydrogen (secondary N) is 1. The molecular formula is C27H26N4O2S. The van der Waals surface area contributed by atoms with Crippen LogP contribution in [-0.2, 0) is 0 Å². The molecule has 0 aliphatic carbocycles. The highest BCUT2D eigenvalue weighted by atomic mass is 32.2. The quantitative estimate of drug-likeness (QED) is 0.265. The first kappa shape index (κ1) is 23.6. The van der Waals surface area contributed by atoms with Crippen LogP contribution in [0, 0.1) is 27.7 Å². The number of nitrogens with zero attached hydrogens (tertiary/aromatic N) is 3. The van der Waals surface area contributed by atoms with E-state index in [4.69, 9.17) is 4.98 Å². The van der Waals surface area contributed by atoms with Gasteiger partial charge in [0.15, 0.2) is 11.6 Å². The summed E-state index contributed by atoms with van der Waals surface area (Å²) in [6.07, 6.45) is 0. The van der Waals surface area contributed by atoms with E-state index in [9.17, 15) is 9.59 Å². The third kappa shape index (κ3) is 4.84. The van der Waals surface area contributed by atoms with E-state index in [-0.39, 0.29) is 17.3 Å². The fourth-order valence-electron chi connectivity index (χ4n) is 3.95. The van der Waals surface area contributed by atoms with E-state index in [2.05, 4.69) is 15.2 Å². The van der Waals surface area contributed by atoms with Crippen LogP contribution in [0.15, 0.2) is 53.7 Å². The average Bonchev–Trinajstić information content (AvgIpc) is 3.12. The van der Waals surface area contributed by atoms with Crippen molar-refractivity contribution < 1.29 is 9.59 Å². The first-order valence-electron chi connectivity index (χ1n) is 11.0. The van der Waals surface area contributed by atoms with E-state index < -0.39 is 0 Å². The fourth-order valence-corrected chi connectivity index (χ4v) is 4.61. The van der Waals surface area contributed by atoms with Gasteiger partial charge >= 0.3 is 0 Å². The number of ketones is 2. The summed E-state index contributed by atoms with van der Waals surface area (Å²) < 4.78 is 0. The number of aromatic amines is 1. The average molecular weight is 471 g/mol. The minimum absolute atomic E-state index is 0.0556. The van der Waals surface area contributed by atoms with Crippen LogP contribution >= 0.6 is 11.8 Å². The number of thioether (sulfide) groups is 1. The van der Waals surface area contributed by atoms with Crippen LogP contribution in [0.5, 0.6) is 0 Å². The van der Waals surface area contributed by atoms with E-state index >= 15 is 0 Å². The second kappa shape index (κ2) is 9.73. The SMILES string of the molecule is CC(=O)c1c(C)[nH]c(C(=O)CSc2nnc(-c3ccc(C)cc3)c(-c3ccc(C)cc3)n2)c1C. The lowest BCUT2D eigenvalue weighted by Gasteiger charge is -2.10. The van der Waals surface area contributed by atoms with Crippen molar-refractivity contribution >= 4 is 23.3 Å². The molecule has 34 heavy (non-hydrogen) atoms. The van der Waals surface area contributed by atoms with Crippen molar-refractivity contribution in [2.24, 2.45) is 0 Å². The van der Waals surface area contributed by atoms with Gasteiger partial charge in [-0.2, -0.15) is 0 Å². The summed E-state index contributed by atoms with van der Waals surface area (Å²) in [5.74, 6) is -0.0297. The summed E-state index contributed by atoms with van der Waals surface area (Å²) in [7, 11) is 0. The molecule has 172 valence electrons.